The minimum absolute atomic E-state index is 0.00680. The van der Waals surface area contributed by atoms with Crippen molar-refractivity contribution in [3.05, 3.63) is 0 Å². The normalized spacial score (nSPS) is 20.8. The second kappa shape index (κ2) is 5.63. The first kappa shape index (κ1) is 13.4. The highest BCUT2D eigenvalue weighted by Crippen LogP contribution is 2.26. The van der Waals surface area contributed by atoms with Crippen LogP contribution < -0.4 is 5.32 Å². The number of amides is 2. The van der Waals surface area contributed by atoms with E-state index in [9.17, 15) is 9.59 Å². The Labute approximate surface area is 105 Å². The zero-order valence-corrected chi connectivity index (χ0v) is 11.3. The van der Waals surface area contributed by atoms with Crippen molar-refractivity contribution in [2.24, 2.45) is 0 Å². The molecular formula is C10H16N2O2S2. The lowest BCUT2D eigenvalue weighted by atomic mass is 10.3. The highest BCUT2D eigenvalue weighted by molar-refractivity contribution is 8.24. The first-order chi connectivity index (χ1) is 7.41. The maximum absolute atomic E-state index is 11.6. The molecule has 0 aromatic rings. The molecule has 0 radical (unpaired) electrons. The fourth-order valence-electron chi connectivity index (χ4n) is 1.38. The first-order valence-electron chi connectivity index (χ1n) is 5.23. The van der Waals surface area contributed by atoms with E-state index in [0.717, 1.165) is 0 Å². The second-order valence-corrected chi connectivity index (χ2v) is 5.96. The van der Waals surface area contributed by atoms with Gasteiger partial charge in [-0.3, -0.25) is 14.5 Å². The van der Waals surface area contributed by atoms with Crippen molar-refractivity contribution in [1.29, 1.82) is 0 Å². The molecule has 0 aromatic carbocycles. The Balaban J connectivity index is 2.41. The molecule has 1 aliphatic heterocycles. The first-order valence-corrected chi connectivity index (χ1v) is 6.52. The summed E-state index contributed by atoms with van der Waals surface area (Å²) in [6.07, 6.45) is 0.303. The SMILES string of the molecule is CC(C)NC(=O)CCN1C(=O)C(C)SC1=S. The van der Waals surface area contributed by atoms with Crippen molar-refractivity contribution in [3.63, 3.8) is 0 Å². The summed E-state index contributed by atoms with van der Waals surface area (Å²) < 4.78 is 0.579. The molecule has 0 aliphatic carbocycles. The Morgan fingerprint density at radius 2 is 2.25 bits per heavy atom. The summed E-state index contributed by atoms with van der Waals surface area (Å²) in [6, 6.07) is 0.127. The number of rotatable bonds is 4. The van der Waals surface area contributed by atoms with Gasteiger partial charge in [0.1, 0.15) is 4.32 Å². The lowest BCUT2D eigenvalue weighted by Gasteiger charge is -2.15. The van der Waals surface area contributed by atoms with Crippen LogP contribution in [0.15, 0.2) is 0 Å². The van der Waals surface area contributed by atoms with Crippen LogP contribution >= 0.6 is 24.0 Å². The molecular weight excluding hydrogens is 244 g/mol. The molecule has 2 amide bonds. The summed E-state index contributed by atoms with van der Waals surface area (Å²) in [5, 5.41) is 2.67. The van der Waals surface area contributed by atoms with Crippen LogP contribution in [0.1, 0.15) is 27.2 Å². The van der Waals surface area contributed by atoms with Crippen molar-refractivity contribution < 1.29 is 9.59 Å². The summed E-state index contributed by atoms with van der Waals surface area (Å²) in [5.41, 5.74) is 0. The lowest BCUT2D eigenvalue weighted by Crippen LogP contribution is -2.36. The second-order valence-electron chi connectivity index (χ2n) is 3.99. The maximum Gasteiger partial charge on any atom is 0.241 e. The quantitative estimate of drug-likeness (QED) is 0.770. The van der Waals surface area contributed by atoms with Crippen LogP contribution in [0.25, 0.3) is 0 Å². The van der Waals surface area contributed by atoms with Crippen LogP contribution in [0, 0.1) is 0 Å². The number of nitrogens with zero attached hydrogens (tertiary/aromatic N) is 1. The van der Waals surface area contributed by atoms with Gasteiger partial charge in [-0.25, -0.2) is 0 Å². The van der Waals surface area contributed by atoms with Gasteiger partial charge in [0.2, 0.25) is 11.8 Å². The van der Waals surface area contributed by atoms with Gasteiger partial charge >= 0.3 is 0 Å². The highest BCUT2D eigenvalue weighted by Gasteiger charge is 2.33. The smallest absolute Gasteiger partial charge is 0.241 e. The fraction of sp³-hybridized carbons (Fsp3) is 0.700. The molecule has 1 aliphatic rings. The van der Waals surface area contributed by atoms with Crippen molar-refractivity contribution in [1.82, 2.24) is 10.2 Å². The van der Waals surface area contributed by atoms with Gasteiger partial charge in [0.25, 0.3) is 0 Å². The summed E-state index contributed by atoms with van der Waals surface area (Å²) >= 11 is 6.45. The number of nitrogens with one attached hydrogen (secondary N) is 1. The maximum atomic E-state index is 11.6. The van der Waals surface area contributed by atoms with E-state index in [4.69, 9.17) is 12.2 Å². The number of thiocarbonyl (C=S) groups is 1. The number of carbonyl (C=O) groups is 2. The van der Waals surface area contributed by atoms with Gasteiger partial charge in [0.15, 0.2) is 0 Å². The zero-order chi connectivity index (χ0) is 12.3. The van der Waals surface area contributed by atoms with Crippen molar-refractivity contribution >= 4 is 40.1 Å². The van der Waals surface area contributed by atoms with Crippen LogP contribution in [-0.4, -0.2) is 38.9 Å². The predicted molar refractivity (Wildman–Crippen MR) is 69.3 cm³/mol. The van der Waals surface area contributed by atoms with Crippen LogP contribution in [0.4, 0.5) is 0 Å². The van der Waals surface area contributed by atoms with Gasteiger partial charge in [-0.1, -0.05) is 24.0 Å². The summed E-state index contributed by atoms with van der Waals surface area (Å²) in [4.78, 5) is 24.6. The Morgan fingerprint density at radius 3 is 2.69 bits per heavy atom. The molecule has 0 saturated carbocycles. The van der Waals surface area contributed by atoms with Crippen molar-refractivity contribution in [3.8, 4) is 0 Å². The fourth-order valence-corrected chi connectivity index (χ4v) is 2.84. The topological polar surface area (TPSA) is 49.4 Å². The van der Waals surface area contributed by atoms with Gasteiger partial charge in [-0.05, 0) is 20.8 Å². The molecule has 90 valence electrons. The van der Waals surface area contributed by atoms with Crippen molar-refractivity contribution in [2.45, 2.75) is 38.5 Å². The van der Waals surface area contributed by atoms with Gasteiger partial charge in [0, 0.05) is 19.0 Å². The van der Waals surface area contributed by atoms with Gasteiger partial charge in [-0.2, -0.15) is 0 Å². The molecule has 1 atom stereocenters. The van der Waals surface area contributed by atoms with E-state index in [1.807, 2.05) is 20.8 Å². The molecule has 6 heteroatoms. The van der Waals surface area contributed by atoms with Crippen LogP contribution in [0.2, 0.25) is 0 Å². The molecule has 16 heavy (non-hydrogen) atoms. The van der Waals surface area contributed by atoms with E-state index in [0.29, 0.717) is 17.3 Å². The molecule has 1 unspecified atom stereocenters. The van der Waals surface area contributed by atoms with Crippen LogP contribution in [0.3, 0.4) is 0 Å². The minimum Gasteiger partial charge on any atom is -0.354 e. The van der Waals surface area contributed by atoms with Gasteiger partial charge in [0.05, 0.1) is 5.25 Å². The zero-order valence-electron chi connectivity index (χ0n) is 9.65. The lowest BCUT2D eigenvalue weighted by molar-refractivity contribution is -0.126. The number of carbonyl (C=O) groups excluding carboxylic acids is 2. The Bertz CT molecular complexity index is 318. The van der Waals surface area contributed by atoms with E-state index in [1.54, 1.807) is 0 Å². The average molecular weight is 260 g/mol. The van der Waals surface area contributed by atoms with E-state index in [-0.39, 0.29) is 23.1 Å². The number of thioether (sulfide) groups is 1. The third kappa shape index (κ3) is 3.45. The summed E-state index contributed by atoms with van der Waals surface area (Å²) in [6.45, 7) is 6.02. The third-order valence-corrected chi connectivity index (χ3v) is 3.61. The van der Waals surface area contributed by atoms with E-state index >= 15 is 0 Å². The molecule has 0 spiro atoms. The molecule has 1 saturated heterocycles. The van der Waals surface area contributed by atoms with E-state index < -0.39 is 0 Å². The molecule has 1 rings (SSSR count). The van der Waals surface area contributed by atoms with Crippen molar-refractivity contribution in [2.75, 3.05) is 6.54 Å². The number of hydrogen-bond donors (Lipinski definition) is 1. The molecule has 1 N–H and O–H groups in total. The largest absolute Gasteiger partial charge is 0.354 e. The van der Waals surface area contributed by atoms with Crippen LogP contribution in [-0.2, 0) is 9.59 Å². The Hall–Kier alpha value is -0.620. The Kier molecular flexibility index (Phi) is 4.73. The molecule has 0 bridgehead atoms. The highest BCUT2D eigenvalue weighted by atomic mass is 32.2. The molecule has 4 nitrogen and oxygen atoms in total. The summed E-state index contributed by atoms with van der Waals surface area (Å²) in [5.74, 6) is -0.0394. The van der Waals surface area contributed by atoms with Gasteiger partial charge < -0.3 is 5.32 Å². The van der Waals surface area contributed by atoms with E-state index in [2.05, 4.69) is 5.32 Å². The number of hydrogen-bond acceptors (Lipinski definition) is 4. The summed E-state index contributed by atoms with van der Waals surface area (Å²) in [7, 11) is 0. The van der Waals surface area contributed by atoms with Crippen LogP contribution in [0.5, 0.6) is 0 Å². The minimum atomic E-state index is -0.111. The van der Waals surface area contributed by atoms with Gasteiger partial charge in [-0.15, -0.1) is 0 Å². The monoisotopic (exact) mass is 260 g/mol. The van der Waals surface area contributed by atoms with E-state index in [1.165, 1.54) is 16.7 Å². The average Bonchev–Trinajstić information content (AvgIpc) is 2.38. The molecule has 0 aromatic heterocycles. The Morgan fingerprint density at radius 1 is 1.62 bits per heavy atom. The predicted octanol–water partition coefficient (Wildman–Crippen LogP) is 1.15. The molecule has 1 heterocycles. The standard InChI is InChI=1S/C10H16N2O2S2/c1-6(2)11-8(13)4-5-12-9(14)7(3)16-10(12)15/h6-7H,4-5H2,1-3H3,(H,11,13). The third-order valence-electron chi connectivity index (χ3n) is 2.12. The molecule has 1 fully saturated rings.